The lowest BCUT2D eigenvalue weighted by Gasteiger charge is -2.20. The molecule has 1 aliphatic heterocycles. The Balaban J connectivity index is 1.48. The SMILES string of the molecule is CCNC(=NCCNC(=O)c1ccc(Cl)cc1)NC1CCN(c2ncccc2Cl)C1. The molecule has 0 saturated carbocycles. The molecule has 1 unspecified atom stereocenters. The molecule has 0 spiro atoms. The number of guanidine groups is 1. The van der Waals surface area contributed by atoms with E-state index in [1.807, 2.05) is 19.1 Å². The summed E-state index contributed by atoms with van der Waals surface area (Å²) in [5, 5.41) is 10.8. The van der Waals surface area contributed by atoms with Gasteiger partial charge in [-0.15, -0.1) is 0 Å². The Bertz CT molecular complexity index is 874. The van der Waals surface area contributed by atoms with Crippen LogP contribution < -0.4 is 20.9 Å². The van der Waals surface area contributed by atoms with Gasteiger partial charge in [0.05, 0.1) is 11.6 Å². The molecule has 3 N–H and O–H groups in total. The molecule has 1 atom stereocenters. The van der Waals surface area contributed by atoms with Gasteiger partial charge in [0.15, 0.2) is 5.96 Å². The first kappa shape index (κ1) is 22.2. The zero-order valence-corrected chi connectivity index (χ0v) is 18.4. The number of hydrogen-bond donors (Lipinski definition) is 3. The molecule has 0 aliphatic carbocycles. The molecule has 1 saturated heterocycles. The van der Waals surface area contributed by atoms with Gasteiger partial charge < -0.3 is 20.9 Å². The number of halogens is 2. The fraction of sp³-hybridized carbons (Fsp3) is 0.381. The number of anilines is 1. The van der Waals surface area contributed by atoms with E-state index in [2.05, 4.69) is 30.8 Å². The highest BCUT2D eigenvalue weighted by atomic mass is 35.5. The van der Waals surface area contributed by atoms with Crippen molar-refractivity contribution in [3.05, 3.63) is 58.2 Å². The molecular formula is C21H26Cl2N6O. The number of aliphatic imine (C=N–C) groups is 1. The first-order chi connectivity index (χ1) is 14.6. The number of rotatable bonds is 7. The molecular weight excluding hydrogens is 423 g/mol. The zero-order chi connectivity index (χ0) is 21.3. The summed E-state index contributed by atoms with van der Waals surface area (Å²) in [6.45, 7) is 5.37. The fourth-order valence-electron chi connectivity index (χ4n) is 3.23. The standard InChI is InChI=1S/C21H26Cl2N6O/c1-2-24-21(27-12-11-26-20(30)15-5-7-16(22)8-6-15)28-17-9-13-29(14-17)19-18(23)4-3-10-25-19/h3-8,10,17H,2,9,11-14H2,1H3,(H,26,30)(H2,24,27,28). The van der Waals surface area contributed by atoms with E-state index < -0.39 is 0 Å². The molecule has 160 valence electrons. The van der Waals surface area contributed by atoms with Crippen LogP contribution in [0.15, 0.2) is 47.6 Å². The van der Waals surface area contributed by atoms with Crippen molar-refractivity contribution in [1.29, 1.82) is 0 Å². The normalized spacial score (nSPS) is 16.4. The molecule has 1 aliphatic rings. The van der Waals surface area contributed by atoms with Crippen LogP contribution in [0, 0.1) is 0 Å². The molecule has 7 nitrogen and oxygen atoms in total. The minimum Gasteiger partial charge on any atom is -0.357 e. The van der Waals surface area contributed by atoms with Crippen LogP contribution in [-0.4, -0.2) is 55.6 Å². The van der Waals surface area contributed by atoms with E-state index in [4.69, 9.17) is 23.2 Å². The second-order valence-electron chi connectivity index (χ2n) is 6.91. The zero-order valence-electron chi connectivity index (χ0n) is 16.9. The van der Waals surface area contributed by atoms with Gasteiger partial charge in [-0.3, -0.25) is 9.79 Å². The highest BCUT2D eigenvalue weighted by Gasteiger charge is 2.25. The average molecular weight is 449 g/mol. The van der Waals surface area contributed by atoms with Crippen molar-refractivity contribution in [2.24, 2.45) is 4.99 Å². The molecule has 0 bridgehead atoms. The van der Waals surface area contributed by atoms with Crippen LogP contribution in [0.1, 0.15) is 23.7 Å². The third-order valence-corrected chi connectivity index (χ3v) is 5.23. The van der Waals surface area contributed by atoms with Gasteiger partial charge >= 0.3 is 0 Å². The second kappa shape index (κ2) is 11.0. The Morgan fingerprint density at radius 2 is 2.03 bits per heavy atom. The van der Waals surface area contributed by atoms with E-state index in [1.165, 1.54) is 0 Å². The molecule has 0 radical (unpaired) electrons. The van der Waals surface area contributed by atoms with Crippen LogP contribution in [0.4, 0.5) is 5.82 Å². The lowest BCUT2D eigenvalue weighted by molar-refractivity contribution is 0.0955. The van der Waals surface area contributed by atoms with Crippen molar-refractivity contribution < 1.29 is 4.79 Å². The fourth-order valence-corrected chi connectivity index (χ4v) is 3.60. The maximum absolute atomic E-state index is 12.1. The molecule has 1 amide bonds. The Labute approximate surface area is 186 Å². The number of nitrogens with one attached hydrogen (secondary N) is 3. The number of hydrogen-bond acceptors (Lipinski definition) is 4. The van der Waals surface area contributed by atoms with Gasteiger partial charge in [-0.25, -0.2) is 4.98 Å². The molecule has 1 aromatic heterocycles. The lowest BCUT2D eigenvalue weighted by Crippen LogP contribution is -2.45. The van der Waals surface area contributed by atoms with Crippen molar-refractivity contribution in [2.75, 3.05) is 37.6 Å². The van der Waals surface area contributed by atoms with Crippen LogP contribution >= 0.6 is 23.2 Å². The summed E-state index contributed by atoms with van der Waals surface area (Å²) in [7, 11) is 0. The summed E-state index contributed by atoms with van der Waals surface area (Å²) in [5.41, 5.74) is 0.577. The Kier molecular flexibility index (Phi) is 8.16. The van der Waals surface area contributed by atoms with Crippen molar-refractivity contribution >= 4 is 40.9 Å². The van der Waals surface area contributed by atoms with Crippen molar-refractivity contribution in [3.8, 4) is 0 Å². The summed E-state index contributed by atoms with van der Waals surface area (Å²) in [4.78, 5) is 23.3. The third-order valence-electron chi connectivity index (χ3n) is 4.69. The van der Waals surface area contributed by atoms with Gasteiger partial charge in [0.2, 0.25) is 0 Å². The van der Waals surface area contributed by atoms with Crippen LogP contribution in [-0.2, 0) is 0 Å². The molecule has 1 fully saturated rings. The van der Waals surface area contributed by atoms with Crippen LogP contribution in [0.3, 0.4) is 0 Å². The number of pyridine rings is 1. The highest BCUT2D eigenvalue weighted by Crippen LogP contribution is 2.25. The minimum absolute atomic E-state index is 0.140. The number of aromatic nitrogens is 1. The molecule has 30 heavy (non-hydrogen) atoms. The number of nitrogens with zero attached hydrogens (tertiary/aromatic N) is 3. The maximum atomic E-state index is 12.1. The predicted octanol–water partition coefficient (Wildman–Crippen LogP) is 2.95. The second-order valence-corrected chi connectivity index (χ2v) is 7.75. The summed E-state index contributed by atoms with van der Waals surface area (Å²) in [5.74, 6) is 1.41. The van der Waals surface area contributed by atoms with Gasteiger partial charge in [-0.1, -0.05) is 23.2 Å². The quantitative estimate of drug-likeness (QED) is 0.344. The minimum atomic E-state index is -0.140. The summed E-state index contributed by atoms with van der Waals surface area (Å²) in [6, 6.07) is 10.7. The lowest BCUT2D eigenvalue weighted by atomic mass is 10.2. The Morgan fingerprint density at radius 3 is 2.77 bits per heavy atom. The maximum Gasteiger partial charge on any atom is 0.251 e. The molecule has 2 aromatic rings. The third kappa shape index (κ3) is 6.24. The summed E-state index contributed by atoms with van der Waals surface area (Å²) < 4.78 is 0. The largest absolute Gasteiger partial charge is 0.357 e. The number of amides is 1. The number of benzene rings is 1. The summed E-state index contributed by atoms with van der Waals surface area (Å²) >= 11 is 12.1. The molecule has 3 rings (SSSR count). The topological polar surface area (TPSA) is 81.6 Å². The van der Waals surface area contributed by atoms with E-state index in [0.717, 1.165) is 37.8 Å². The van der Waals surface area contributed by atoms with E-state index in [-0.39, 0.29) is 11.9 Å². The Morgan fingerprint density at radius 1 is 1.23 bits per heavy atom. The van der Waals surface area contributed by atoms with Crippen molar-refractivity contribution in [3.63, 3.8) is 0 Å². The smallest absolute Gasteiger partial charge is 0.251 e. The number of carbonyl (C=O) groups excluding carboxylic acids is 1. The van der Waals surface area contributed by atoms with E-state index in [9.17, 15) is 4.79 Å². The van der Waals surface area contributed by atoms with Crippen LogP contribution in [0.25, 0.3) is 0 Å². The first-order valence-corrected chi connectivity index (χ1v) is 10.8. The van der Waals surface area contributed by atoms with Gasteiger partial charge in [0, 0.05) is 49.0 Å². The Hall–Kier alpha value is -2.51. The van der Waals surface area contributed by atoms with Gasteiger partial charge in [0.25, 0.3) is 5.91 Å². The van der Waals surface area contributed by atoms with Gasteiger partial charge in [-0.05, 0) is 49.7 Å². The van der Waals surface area contributed by atoms with Gasteiger partial charge in [0.1, 0.15) is 5.82 Å². The average Bonchev–Trinajstić information content (AvgIpc) is 3.20. The summed E-state index contributed by atoms with van der Waals surface area (Å²) in [6.07, 6.45) is 2.72. The predicted molar refractivity (Wildman–Crippen MR) is 123 cm³/mol. The van der Waals surface area contributed by atoms with Crippen LogP contribution in [0.5, 0.6) is 0 Å². The van der Waals surface area contributed by atoms with E-state index in [1.54, 1.807) is 30.5 Å². The monoisotopic (exact) mass is 448 g/mol. The van der Waals surface area contributed by atoms with Crippen molar-refractivity contribution in [2.45, 2.75) is 19.4 Å². The van der Waals surface area contributed by atoms with E-state index in [0.29, 0.717) is 28.7 Å². The van der Waals surface area contributed by atoms with Gasteiger partial charge in [-0.2, -0.15) is 0 Å². The van der Waals surface area contributed by atoms with Crippen LogP contribution in [0.2, 0.25) is 10.0 Å². The number of carbonyl (C=O) groups is 1. The molecule has 9 heteroatoms. The molecule has 1 aromatic carbocycles. The molecule has 2 heterocycles. The van der Waals surface area contributed by atoms with E-state index >= 15 is 0 Å². The highest BCUT2D eigenvalue weighted by molar-refractivity contribution is 6.33. The van der Waals surface area contributed by atoms with Crippen molar-refractivity contribution in [1.82, 2.24) is 20.9 Å². The first-order valence-electron chi connectivity index (χ1n) is 10.0.